The fraction of sp³-hybridized carbons (Fsp3) is 0.316. The Labute approximate surface area is 137 Å². The molecule has 4 nitrogen and oxygen atoms in total. The molecule has 0 bridgehead atoms. The molecular formula is C19H23NO3. The number of amides is 1. The Bertz CT molecular complexity index is 667. The van der Waals surface area contributed by atoms with Gasteiger partial charge in [0.15, 0.2) is 11.5 Å². The zero-order chi connectivity index (χ0) is 16.7. The van der Waals surface area contributed by atoms with E-state index in [1.807, 2.05) is 31.2 Å². The lowest BCUT2D eigenvalue weighted by molar-refractivity contribution is 0.102. The summed E-state index contributed by atoms with van der Waals surface area (Å²) in [5, 5.41) is 2.96. The van der Waals surface area contributed by atoms with Gasteiger partial charge in [-0.15, -0.1) is 0 Å². The van der Waals surface area contributed by atoms with Crippen molar-refractivity contribution in [2.24, 2.45) is 0 Å². The molecule has 0 aromatic heterocycles. The van der Waals surface area contributed by atoms with E-state index >= 15 is 0 Å². The van der Waals surface area contributed by atoms with Gasteiger partial charge >= 0.3 is 0 Å². The van der Waals surface area contributed by atoms with Crippen molar-refractivity contribution >= 4 is 11.6 Å². The van der Waals surface area contributed by atoms with Gasteiger partial charge in [-0.2, -0.15) is 0 Å². The van der Waals surface area contributed by atoms with Crippen LogP contribution in [0, 0.1) is 0 Å². The summed E-state index contributed by atoms with van der Waals surface area (Å²) in [6, 6.07) is 13.0. The molecule has 0 spiro atoms. The Morgan fingerprint density at radius 2 is 1.87 bits per heavy atom. The molecule has 0 aliphatic rings. The molecule has 0 fully saturated rings. The minimum atomic E-state index is -0.161. The minimum Gasteiger partial charge on any atom is -0.493 e. The number of anilines is 1. The Kier molecular flexibility index (Phi) is 6.03. The van der Waals surface area contributed by atoms with Crippen LogP contribution in [0.3, 0.4) is 0 Å². The van der Waals surface area contributed by atoms with Gasteiger partial charge in [-0.3, -0.25) is 4.79 Å². The molecule has 0 aliphatic heterocycles. The lowest BCUT2D eigenvalue weighted by atomic mass is 10.1. The second kappa shape index (κ2) is 8.22. The van der Waals surface area contributed by atoms with Crippen LogP contribution in [0.1, 0.15) is 36.2 Å². The highest BCUT2D eigenvalue weighted by atomic mass is 16.5. The van der Waals surface area contributed by atoms with Gasteiger partial charge in [0, 0.05) is 11.3 Å². The SMILES string of the molecule is CCCOc1ccc(C(=O)Nc2ccccc2CC)cc1OC. The maximum absolute atomic E-state index is 12.5. The summed E-state index contributed by atoms with van der Waals surface area (Å²) in [6.45, 7) is 4.72. The van der Waals surface area contributed by atoms with E-state index in [0.29, 0.717) is 23.7 Å². The third kappa shape index (κ3) is 4.25. The predicted octanol–water partition coefficient (Wildman–Crippen LogP) is 4.30. The second-order valence-corrected chi connectivity index (χ2v) is 5.18. The normalized spacial score (nSPS) is 10.2. The summed E-state index contributed by atoms with van der Waals surface area (Å²) in [7, 11) is 1.57. The fourth-order valence-electron chi connectivity index (χ4n) is 2.29. The van der Waals surface area contributed by atoms with Gasteiger partial charge in [0.2, 0.25) is 0 Å². The molecule has 4 heteroatoms. The number of para-hydroxylation sites is 1. The van der Waals surface area contributed by atoms with Gasteiger partial charge < -0.3 is 14.8 Å². The summed E-state index contributed by atoms with van der Waals surface area (Å²) in [5.74, 6) is 1.06. The molecule has 0 radical (unpaired) electrons. The number of carbonyl (C=O) groups excluding carboxylic acids is 1. The van der Waals surface area contributed by atoms with Crippen molar-refractivity contribution in [2.75, 3.05) is 19.0 Å². The third-order valence-electron chi connectivity index (χ3n) is 3.53. The molecule has 0 saturated heterocycles. The van der Waals surface area contributed by atoms with E-state index in [-0.39, 0.29) is 5.91 Å². The zero-order valence-electron chi connectivity index (χ0n) is 13.9. The van der Waals surface area contributed by atoms with E-state index in [9.17, 15) is 4.79 Å². The Morgan fingerprint density at radius 3 is 2.57 bits per heavy atom. The number of methoxy groups -OCH3 is 1. The average Bonchev–Trinajstić information content (AvgIpc) is 2.60. The van der Waals surface area contributed by atoms with Crippen molar-refractivity contribution in [2.45, 2.75) is 26.7 Å². The molecule has 1 N–H and O–H groups in total. The lowest BCUT2D eigenvalue weighted by Crippen LogP contribution is -2.13. The van der Waals surface area contributed by atoms with Crippen molar-refractivity contribution < 1.29 is 14.3 Å². The number of aryl methyl sites for hydroxylation is 1. The molecule has 2 aromatic carbocycles. The fourth-order valence-corrected chi connectivity index (χ4v) is 2.29. The molecule has 0 saturated carbocycles. The van der Waals surface area contributed by atoms with Crippen molar-refractivity contribution in [1.29, 1.82) is 0 Å². The van der Waals surface area contributed by atoms with Crippen LogP contribution in [0.25, 0.3) is 0 Å². The molecule has 1 amide bonds. The van der Waals surface area contributed by atoms with Crippen LogP contribution in [-0.2, 0) is 6.42 Å². The number of ether oxygens (including phenoxy) is 2. The monoisotopic (exact) mass is 313 g/mol. The van der Waals surface area contributed by atoms with Gasteiger partial charge in [0.1, 0.15) is 0 Å². The Morgan fingerprint density at radius 1 is 1.09 bits per heavy atom. The van der Waals surface area contributed by atoms with E-state index in [0.717, 1.165) is 24.1 Å². The van der Waals surface area contributed by atoms with Crippen LogP contribution >= 0.6 is 0 Å². The smallest absolute Gasteiger partial charge is 0.255 e. The van der Waals surface area contributed by atoms with Gasteiger partial charge in [0.05, 0.1) is 13.7 Å². The lowest BCUT2D eigenvalue weighted by Gasteiger charge is -2.13. The average molecular weight is 313 g/mol. The summed E-state index contributed by atoms with van der Waals surface area (Å²) in [6.07, 6.45) is 1.78. The van der Waals surface area contributed by atoms with Gasteiger partial charge in [-0.25, -0.2) is 0 Å². The van der Waals surface area contributed by atoms with Crippen molar-refractivity contribution in [3.05, 3.63) is 53.6 Å². The van der Waals surface area contributed by atoms with Crippen LogP contribution in [0.5, 0.6) is 11.5 Å². The topological polar surface area (TPSA) is 47.6 Å². The third-order valence-corrected chi connectivity index (χ3v) is 3.53. The van der Waals surface area contributed by atoms with Crippen molar-refractivity contribution in [1.82, 2.24) is 0 Å². The quantitative estimate of drug-likeness (QED) is 0.829. The van der Waals surface area contributed by atoms with Crippen molar-refractivity contribution in [3.63, 3.8) is 0 Å². The van der Waals surface area contributed by atoms with Crippen LogP contribution in [0.2, 0.25) is 0 Å². The summed E-state index contributed by atoms with van der Waals surface area (Å²) >= 11 is 0. The number of benzene rings is 2. The van der Waals surface area contributed by atoms with E-state index in [2.05, 4.69) is 12.2 Å². The molecule has 2 rings (SSSR count). The largest absolute Gasteiger partial charge is 0.493 e. The van der Waals surface area contributed by atoms with E-state index in [4.69, 9.17) is 9.47 Å². The number of nitrogens with one attached hydrogen (secondary N) is 1. The first kappa shape index (κ1) is 16.9. The molecule has 0 aliphatic carbocycles. The molecule has 122 valence electrons. The number of hydrogen-bond donors (Lipinski definition) is 1. The standard InChI is InChI=1S/C19H23NO3/c1-4-12-23-17-11-10-15(13-18(17)22-3)19(21)20-16-9-7-6-8-14(16)5-2/h6-11,13H,4-5,12H2,1-3H3,(H,20,21). The Hall–Kier alpha value is -2.49. The second-order valence-electron chi connectivity index (χ2n) is 5.18. The molecule has 2 aromatic rings. The highest BCUT2D eigenvalue weighted by Crippen LogP contribution is 2.28. The van der Waals surface area contributed by atoms with E-state index in [1.165, 1.54) is 0 Å². The first-order chi connectivity index (χ1) is 11.2. The molecular weight excluding hydrogens is 290 g/mol. The molecule has 0 atom stereocenters. The Balaban J connectivity index is 2.19. The molecule has 0 unspecified atom stereocenters. The van der Waals surface area contributed by atoms with Crippen LogP contribution in [0.4, 0.5) is 5.69 Å². The number of carbonyl (C=O) groups is 1. The zero-order valence-corrected chi connectivity index (χ0v) is 13.9. The predicted molar refractivity (Wildman–Crippen MR) is 92.6 cm³/mol. The molecule has 0 heterocycles. The van der Waals surface area contributed by atoms with Crippen LogP contribution in [0.15, 0.2) is 42.5 Å². The first-order valence-corrected chi connectivity index (χ1v) is 7.89. The number of hydrogen-bond acceptors (Lipinski definition) is 3. The summed E-state index contributed by atoms with van der Waals surface area (Å²) in [4.78, 5) is 12.5. The minimum absolute atomic E-state index is 0.161. The van der Waals surface area contributed by atoms with Crippen LogP contribution in [-0.4, -0.2) is 19.6 Å². The summed E-state index contributed by atoms with van der Waals surface area (Å²) < 4.78 is 10.9. The van der Waals surface area contributed by atoms with E-state index < -0.39 is 0 Å². The van der Waals surface area contributed by atoms with Gasteiger partial charge in [-0.05, 0) is 42.7 Å². The highest BCUT2D eigenvalue weighted by Gasteiger charge is 2.12. The first-order valence-electron chi connectivity index (χ1n) is 7.89. The van der Waals surface area contributed by atoms with Gasteiger partial charge in [0.25, 0.3) is 5.91 Å². The highest BCUT2D eigenvalue weighted by molar-refractivity contribution is 6.05. The van der Waals surface area contributed by atoms with E-state index in [1.54, 1.807) is 25.3 Å². The maximum atomic E-state index is 12.5. The number of rotatable bonds is 7. The summed E-state index contributed by atoms with van der Waals surface area (Å²) in [5.41, 5.74) is 2.48. The van der Waals surface area contributed by atoms with Crippen LogP contribution < -0.4 is 14.8 Å². The van der Waals surface area contributed by atoms with Crippen molar-refractivity contribution in [3.8, 4) is 11.5 Å². The maximum Gasteiger partial charge on any atom is 0.255 e. The molecule has 23 heavy (non-hydrogen) atoms. The van der Waals surface area contributed by atoms with Gasteiger partial charge in [-0.1, -0.05) is 32.0 Å².